The van der Waals surface area contributed by atoms with Crippen molar-refractivity contribution < 1.29 is 5.11 Å². The predicted octanol–water partition coefficient (Wildman–Crippen LogP) is 2.15. The molecule has 0 bridgehead atoms. The zero-order valence-electron chi connectivity index (χ0n) is 9.33. The van der Waals surface area contributed by atoms with E-state index in [1.807, 2.05) is 18.7 Å². The van der Waals surface area contributed by atoms with E-state index < -0.39 is 5.60 Å². The lowest BCUT2D eigenvalue weighted by Crippen LogP contribution is -2.36. The molecule has 2 nitrogen and oxygen atoms in total. The Balaban J connectivity index is 2.23. The highest BCUT2D eigenvalue weighted by atomic mass is 32.2. The first kappa shape index (κ1) is 12.3. The average Bonchev–Trinajstić information content (AvgIpc) is 2.55. The lowest BCUT2D eigenvalue weighted by Gasteiger charge is -2.26. The Morgan fingerprint density at radius 1 is 1.50 bits per heavy atom. The number of nitrogens with two attached hydrogens (primary N) is 1. The Morgan fingerprint density at radius 3 is 2.57 bits per heavy atom. The fourth-order valence-corrected chi connectivity index (χ4v) is 3.82. The highest BCUT2D eigenvalue weighted by Gasteiger charge is 2.25. The first-order valence-corrected chi connectivity index (χ1v) is 6.56. The van der Waals surface area contributed by atoms with Crippen LogP contribution in [-0.2, 0) is 0 Å². The topological polar surface area (TPSA) is 46.2 Å². The number of hydrogen-bond acceptors (Lipinski definition) is 3. The van der Waals surface area contributed by atoms with Gasteiger partial charge in [0.25, 0.3) is 0 Å². The van der Waals surface area contributed by atoms with Gasteiger partial charge in [-0.15, -0.1) is 0 Å². The Hall–Kier alpha value is 0.270. The molecular formula is C11H23NOS. The fraction of sp³-hybridized carbons (Fsp3) is 1.00. The number of rotatable bonds is 5. The quantitative estimate of drug-likeness (QED) is 0.742. The van der Waals surface area contributed by atoms with Crippen LogP contribution in [-0.4, -0.2) is 27.8 Å². The van der Waals surface area contributed by atoms with Gasteiger partial charge in [-0.1, -0.05) is 19.8 Å². The molecule has 0 aliphatic heterocycles. The molecule has 2 atom stereocenters. The second-order valence-electron chi connectivity index (χ2n) is 4.76. The van der Waals surface area contributed by atoms with Crippen LogP contribution in [0.2, 0.25) is 0 Å². The van der Waals surface area contributed by atoms with Gasteiger partial charge in [0.2, 0.25) is 0 Å². The molecule has 84 valence electrons. The summed E-state index contributed by atoms with van der Waals surface area (Å²) in [4.78, 5) is 0. The number of hydrogen-bond donors (Lipinski definition) is 2. The van der Waals surface area contributed by atoms with Crippen molar-refractivity contribution in [3.63, 3.8) is 0 Å². The van der Waals surface area contributed by atoms with Crippen LogP contribution >= 0.6 is 11.8 Å². The van der Waals surface area contributed by atoms with Crippen LogP contribution < -0.4 is 5.73 Å². The van der Waals surface area contributed by atoms with Crippen molar-refractivity contribution in [3.8, 4) is 0 Å². The van der Waals surface area contributed by atoms with E-state index in [0.717, 1.165) is 11.7 Å². The van der Waals surface area contributed by atoms with Gasteiger partial charge in [0.15, 0.2) is 0 Å². The van der Waals surface area contributed by atoms with Gasteiger partial charge in [0, 0.05) is 17.0 Å². The van der Waals surface area contributed by atoms with E-state index in [-0.39, 0.29) is 0 Å². The zero-order chi connectivity index (χ0) is 10.6. The third-order valence-electron chi connectivity index (χ3n) is 2.89. The molecule has 1 rings (SSSR count). The van der Waals surface area contributed by atoms with Crippen LogP contribution in [0.4, 0.5) is 0 Å². The molecule has 1 aliphatic carbocycles. The molecule has 2 unspecified atom stereocenters. The summed E-state index contributed by atoms with van der Waals surface area (Å²) in [6, 6.07) is 0. The molecule has 0 heterocycles. The van der Waals surface area contributed by atoms with E-state index in [1.165, 1.54) is 25.7 Å². The summed E-state index contributed by atoms with van der Waals surface area (Å²) >= 11 is 2.03. The molecule has 1 fully saturated rings. The molecule has 14 heavy (non-hydrogen) atoms. The van der Waals surface area contributed by atoms with Crippen molar-refractivity contribution >= 4 is 11.8 Å². The zero-order valence-corrected chi connectivity index (χ0v) is 10.1. The fourth-order valence-electron chi connectivity index (χ4n) is 2.10. The van der Waals surface area contributed by atoms with Crippen molar-refractivity contribution in [2.24, 2.45) is 5.73 Å². The van der Waals surface area contributed by atoms with Gasteiger partial charge >= 0.3 is 0 Å². The summed E-state index contributed by atoms with van der Waals surface area (Å²) in [7, 11) is 0. The Labute approximate surface area is 91.6 Å². The summed E-state index contributed by atoms with van der Waals surface area (Å²) in [6.45, 7) is 4.40. The lowest BCUT2D eigenvalue weighted by molar-refractivity contribution is 0.0608. The Bertz CT molecular complexity index is 167. The molecule has 0 radical (unpaired) electrons. The smallest absolute Gasteiger partial charge is 0.0751 e. The minimum atomic E-state index is -0.676. The maximum Gasteiger partial charge on any atom is 0.0751 e. The van der Waals surface area contributed by atoms with E-state index in [2.05, 4.69) is 6.92 Å². The summed E-state index contributed by atoms with van der Waals surface area (Å²) in [6.07, 6.45) is 6.31. The monoisotopic (exact) mass is 217 g/mol. The largest absolute Gasteiger partial charge is 0.389 e. The van der Waals surface area contributed by atoms with Gasteiger partial charge in [0.1, 0.15) is 0 Å². The molecule has 3 N–H and O–H groups in total. The highest BCUT2D eigenvalue weighted by molar-refractivity contribution is 8.00. The SMILES string of the molecule is CC(CC(C)(O)CN)SC1CCCC1. The maximum absolute atomic E-state index is 9.83. The molecule has 0 aromatic heterocycles. The van der Waals surface area contributed by atoms with Crippen LogP contribution in [0.15, 0.2) is 0 Å². The van der Waals surface area contributed by atoms with Crippen LogP contribution in [0.1, 0.15) is 46.0 Å². The third kappa shape index (κ3) is 4.20. The van der Waals surface area contributed by atoms with Crippen LogP contribution in [0.3, 0.4) is 0 Å². The van der Waals surface area contributed by atoms with E-state index >= 15 is 0 Å². The second-order valence-corrected chi connectivity index (χ2v) is 6.50. The molecule has 1 saturated carbocycles. The normalized spacial score (nSPS) is 24.9. The number of thioether (sulfide) groups is 1. The number of aliphatic hydroxyl groups is 1. The first-order valence-electron chi connectivity index (χ1n) is 5.61. The van der Waals surface area contributed by atoms with Gasteiger partial charge in [0.05, 0.1) is 5.60 Å². The van der Waals surface area contributed by atoms with Gasteiger partial charge in [-0.3, -0.25) is 0 Å². The van der Waals surface area contributed by atoms with Gasteiger partial charge in [-0.05, 0) is 26.2 Å². The molecule has 0 saturated heterocycles. The highest BCUT2D eigenvalue weighted by Crippen LogP contribution is 2.34. The average molecular weight is 217 g/mol. The first-order chi connectivity index (χ1) is 6.53. The van der Waals surface area contributed by atoms with Gasteiger partial charge < -0.3 is 10.8 Å². The molecular weight excluding hydrogens is 194 g/mol. The van der Waals surface area contributed by atoms with Crippen molar-refractivity contribution in [3.05, 3.63) is 0 Å². The summed E-state index contributed by atoms with van der Waals surface area (Å²) < 4.78 is 0. The lowest BCUT2D eigenvalue weighted by atomic mass is 10.0. The minimum Gasteiger partial charge on any atom is -0.389 e. The van der Waals surface area contributed by atoms with Crippen LogP contribution in [0.25, 0.3) is 0 Å². The standard InChI is InChI=1S/C11H23NOS/c1-9(7-11(2,13)8-12)14-10-5-3-4-6-10/h9-10,13H,3-8,12H2,1-2H3. The van der Waals surface area contributed by atoms with E-state index in [4.69, 9.17) is 5.73 Å². The van der Waals surface area contributed by atoms with Crippen LogP contribution in [0.5, 0.6) is 0 Å². The summed E-state index contributed by atoms with van der Waals surface area (Å²) in [5.74, 6) is 0. The molecule has 3 heteroatoms. The van der Waals surface area contributed by atoms with Crippen molar-refractivity contribution in [1.29, 1.82) is 0 Å². The molecule has 0 amide bonds. The van der Waals surface area contributed by atoms with Gasteiger partial charge in [-0.25, -0.2) is 0 Å². The van der Waals surface area contributed by atoms with Gasteiger partial charge in [-0.2, -0.15) is 11.8 Å². The van der Waals surface area contributed by atoms with E-state index in [0.29, 0.717) is 11.8 Å². The minimum absolute atomic E-state index is 0.364. The van der Waals surface area contributed by atoms with Crippen molar-refractivity contribution in [1.82, 2.24) is 0 Å². The Morgan fingerprint density at radius 2 is 2.07 bits per heavy atom. The van der Waals surface area contributed by atoms with Crippen molar-refractivity contribution in [2.45, 2.75) is 62.1 Å². The van der Waals surface area contributed by atoms with E-state index in [9.17, 15) is 5.11 Å². The summed E-state index contributed by atoms with van der Waals surface area (Å²) in [5.41, 5.74) is 4.83. The maximum atomic E-state index is 9.83. The molecule has 1 aliphatic rings. The Kier molecular flexibility index (Phi) is 4.74. The summed E-state index contributed by atoms with van der Waals surface area (Å²) in [5, 5.41) is 11.2. The third-order valence-corrected chi connectivity index (χ3v) is 4.38. The second kappa shape index (κ2) is 5.38. The van der Waals surface area contributed by atoms with Crippen molar-refractivity contribution in [2.75, 3.05) is 6.54 Å². The predicted molar refractivity (Wildman–Crippen MR) is 63.6 cm³/mol. The molecule has 0 aromatic rings. The van der Waals surface area contributed by atoms with E-state index in [1.54, 1.807) is 0 Å². The molecule has 0 spiro atoms. The van der Waals surface area contributed by atoms with Crippen LogP contribution in [0, 0.1) is 0 Å². The molecule has 0 aromatic carbocycles.